The minimum atomic E-state index is 0.607. The third-order valence-electron chi connectivity index (χ3n) is 4.18. The van der Waals surface area contributed by atoms with Gasteiger partial charge in [-0.2, -0.15) is 0 Å². The van der Waals surface area contributed by atoms with Gasteiger partial charge in [-0.25, -0.2) is 9.97 Å². The molecule has 0 aliphatic carbocycles. The second-order valence-corrected chi connectivity index (χ2v) is 7.55. The van der Waals surface area contributed by atoms with Gasteiger partial charge in [-0.05, 0) is 23.1 Å². The van der Waals surface area contributed by atoms with Crippen LogP contribution >= 0.6 is 34.5 Å². The van der Waals surface area contributed by atoms with Crippen LogP contribution in [0, 0.1) is 0 Å². The standard InChI is InChI=1S/C18H15Cl2N3S/c19-14-4-1-3-12(17(14)20)10-23-7-6-15-13(11-23)9-21-18(22-15)16-5-2-8-24-16/h1-5,8-9H,6-7,10-11H2. The van der Waals surface area contributed by atoms with Gasteiger partial charge in [-0.1, -0.05) is 41.4 Å². The van der Waals surface area contributed by atoms with Crippen LogP contribution in [0.25, 0.3) is 10.7 Å². The van der Waals surface area contributed by atoms with Crippen molar-refractivity contribution in [3.63, 3.8) is 0 Å². The van der Waals surface area contributed by atoms with Gasteiger partial charge in [0.2, 0.25) is 0 Å². The maximum absolute atomic E-state index is 6.31. The van der Waals surface area contributed by atoms with Gasteiger partial charge in [0.05, 0.1) is 20.6 Å². The average Bonchev–Trinajstić information content (AvgIpc) is 3.13. The van der Waals surface area contributed by atoms with E-state index >= 15 is 0 Å². The van der Waals surface area contributed by atoms with E-state index in [9.17, 15) is 0 Å². The van der Waals surface area contributed by atoms with Crippen LogP contribution in [0.15, 0.2) is 41.9 Å². The molecule has 6 heteroatoms. The van der Waals surface area contributed by atoms with E-state index in [-0.39, 0.29) is 0 Å². The Balaban J connectivity index is 1.53. The summed E-state index contributed by atoms with van der Waals surface area (Å²) in [7, 11) is 0. The van der Waals surface area contributed by atoms with Crippen molar-refractivity contribution in [1.29, 1.82) is 0 Å². The van der Waals surface area contributed by atoms with Gasteiger partial charge in [0.1, 0.15) is 0 Å². The highest BCUT2D eigenvalue weighted by Gasteiger charge is 2.20. The number of rotatable bonds is 3. The Morgan fingerprint density at radius 3 is 2.92 bits per heavy atom. The maximum atomic E-state index is 6.31. The molecule has 1 aliphatic rings. The van der Waals surface area contributed by atoms with Crippen LogP contribution in [0.4, 0.5) is 0 Å². The molecule has 1 aliphatic heterocycles. The van der Waals surface area contributed by atoms with Gasteiger partial charge in [0.25, 0.3) is 0 Å². The summed E-state index contributed by atoms with van der Waals surface area (Å²) in [5.74, 6) is 0.829. The molecule has 2 aromatic heterocycles. The highest BCUT2D eigenvalue weighted by atomic mass is 35.5. The van der Waals surface area contributed by atoms with Crippen molar-refractivity contribution in [2.75, 3.05) is 6.54 Å². The van der Waals surface area contributed by atoms with Crippen molar-refractivity contribution in [1.82, 2.24) is 14.9 Å². The zero-order valence-corrected chi connectivity index (χ0v) is 15.2. The number of halogens is 2. The Kier molecular flexibility index (Phi) is 4.55. The molecule has 1 aromatic carbocycles. The normalized spacial score (nSPS) is 14.6. The Morgan fingerprint density at radius 2 is 2.08 bits per heavy atom. The van der Waals surface area contributed by atoms with Gasteiger partial charge in [-0.3, -0.25) is 4.90 Å². The molecule has 0 N–H and O–H groups in total. The number of hydrogen-bond acceptors (Lipinski definition) is 4. The zero-order valence-electron chi connectivity index (χ0n) is 12.9. The zero-order chi connectivity index (χ0) is 16.5. The number of hydrogen-bond donors (Lipinski definition) is 0. The van der Waals surface area contributed by atoms with Crippen LogP contribution in [-0.2, 0) is 19.5 Å². The third kappa shape index (κ3) is 3.20. The Labute approximate surface area is 154 Å². The lowest BCUT2D eigenvalue weighted by Gasteiger charge is -2.28. The summed E-state index contributed by atoms with van der Waals surface area (Å²) in [6, 6.07) is 9.87. The molecule has 0 atom stereocenters. The largest absolute Gasteiger partial charge is 0.294 e. The number of fused-ring (bicyclic) bond motifs is 1. The smallest absolute Gasteiger partial charge is 0.169 e. The number of thiophene rings is 1. The van der Waals surface area contributed by atoms with Crippen LogP contribution in [0.5, 0.6) is 0 Å². The number of benzene rings is 1. The molecule has 0 fully saturated rings. The second-order valence-electron chi connectivity index (χ2n) is 5.82. The Morgan fingerprint density at radius 1 is 1.17 bits per heavy atom. The summed E-state index contributed by atoms with van der Waals surface area (Å²) >= 11 is 14.1. The van der Waals surface area contributed by atoms with Crippen molar-refractivity contribution >= 4 is 34.5 Å². The molecule has 3 nitrogen and oxygen atoms in total. The fraction of sp³-hybridized carbons (Fsp3) is 0.222. The molecule has 0 amide bonds. The quantitative estimate of drug-likeness (QED) is 0.639. The summed E-state index contributed by atoms with van der Waals surface area (Å²) in [6.07, 6.45) is 2.89. The second kappa shape index (κ2) is 6.81. The van der Waals surface area contributed by atoms with Crippen LogP contribution < -0.4 is 0 Å². The highest BCUT2D eigenvalue weighted by Crippen LogP contribution is 2.29. The molecule has 0 saturated carbocycles. The van der Waals surface area contributed by atoms with Crippen molar-refractivity contribution in [3.05, 3.63) is 68.8 Å². The average molecular weight is 376 g/mol. The minimum absolute atomic E-state index is 0.607. The highest BCUT2D eigenvalue weighted by molar-refractivity contribution is 7.13. The van der Waals surface area contributed by atoms with Crippen LogP contribution in [0.1, 0.15) is 16.8 Å². The molecule has 0 saturated heterocycles. The molecule has 0 bridgehead atoms. The third-order valence-corrected chi connectivity index (χ3v) is 5.90. The monoisotopic (exact) mass is 375 g/mol. The lowest BCUT2D eigenvalue weighted by molar-refractivity contribution is 0.243. The van der Waals surface area contributed by atoms with E-state index in [2.05, 4.69) is 21.3 Å². The van der Waals surface area contributed by atoms with Gasteiger partial charge in [0.15, 0.2) is 5.82 Å². The van der Waals surface area contributed by atoms with Crippen LogP contribution in [0.2, 0.25) is 10.0 Å². The van der Waals surface area contributed by atoms with E-state index in [0.29, 0.717) is 10.0 Å². The maximum Gasteiger partial charge on any atom is 0.169 e. The lowest BCUT2D eigenvalue weighted by atomic mass is 10.1. The van der Waals surface area contributed by atoms with Gasteiger partial charge < -0.3 is 0 Å². The fourth-order valence-corrected chi connectivity index (χ4v) is 3.99. The molecule has 4 rings (SSSR count). The first-order chi connectivity index (χ1) is 11.7. The Hall–Kier alpha value is -1.46. The predicted octanol–water partition coefficient (Wildman–Crippen LogP) is 5.07. The number of aromatic nitrogens is 2. The first kappa shape index (κ1) is 16.0. The van der Waals surface area contributed by atoms with Crippen molar-refractivity contribution in [2.45, 2.75) is 19.5 Å². The first-order valence-corrected chi connectivity index (χ1v) is 9.38. The van der Waals surface area contributed by atoms with Crippen molar-refractivity contribution in [2.24, 2.45) is 0 Å². The summed E-state index contributed by atoms with van der Waals surface area (Å²) in [6.45, 7) is 2.57. The van der Waals surface area contributed by atoms with E-state index < -0.39 is 0 Å². The van der Waals surface area contributed by atoms with Crippen molar-refractivity contribution < 1.29 is 0 Å². The molecule has 0 spiro atoms. The summed E-state index contributed by atoms with van der Waals surface area (Å²) in [5, 5.41) is 3.30. The van der Waals surface area contributed by atoms with E-state index in [1.165, 1.54) is 5.56 Å². The molecular weight excluding hydrogens is 361 g/mol. The van der Waals surface area contributed by atoms with E-state index in [1.807, 2.05) is 30.5 Å². The Bertz CT molecular complexity index is 865. The van der Waals surface area contributed by atoms with E-state index in [4.69, 9.17) is 28.2 Å². The van der Waals surface area contributed by atoms with Gasteiger partial charge in [0, 0.05) is 37.8 Å². The topological polar surface area (TPSA) is 29.0 Å². The SMILES string of the molecule is Clc1cccc(CN2CCc3nc(-c4cccs4)ncc3C2)c1Cl. The summed E-state index contributed by atoms with van der Waals surface area (Å²) < 4.78 is 0. The van der Waals surface area contributed by atoms with Gasteiger partial charge >= 0.3 is 0 Å². The van der Waals surface area contributed by atoms with E-state index in [0.717, 1.165) is 48.0 Å². The minimum Gasteiger partial charge on any atom is -0.294 e. The van der Waals surface area contributed by atoms with E-state index in [1.54, 1.807) is 11.3 Å². The van der Waals surface area contributed by atoms with Crippen LogP contribution in [-0.4, -0.2) is 21.4 Å². The fourth-order valence-electron chi connectivity index (χ4n) is 2.95. The lowest BCUT2D eigenvalue weighted by Crippen LogP contribution is -2.31. The summed E-state index contributed by atoms with van der Waals surface area (Å²) in [4.78, 5) is 12.8. The molecule has 3 heterocycles. The molecule has 3 aromatic rings. The van der Waals surface area contributed by atoms with Crippen LogP contribution in [0.3, 0.4) is 0 Å². The molecular formula is C18H15Cl2N3S. The predicted molar refractivity (Wildman–Crippen MR) is 99.6 cm³/mol. The number of nitrogens with zero attached hydrogens (tertiary/aromatic N) is 3. The van der Waals surface area contributed by atoms with Gasteiger partial charge in [-0.15, -0.1) is 11.3 Å². The van der Waals surface area contributed by atoms with Crippen molar-refractivity contribution in [3.8, 4) is 10.7 Å². The molecule has 122 valence electrons. The molecule has 0 radical (unpaired) electrons. The molecule has 24 heavy (non-hydrogen) atoms. The molecule has 0 unspecified atom stereocenters. The summed E-state index contributed by atoms with van der Waals surface area (Å²) in [5.41, 5.74) is 3.41. The first-order valence-electron chi connectivity index (χ1n) is 7.74.